The van der Waals surface area contributed by atoms with E-state index in [1.165, 1.54) is 0 Å². The lowest BCUT2D eigenvalue weighted by Gasteiger charge is -2.16. The minimum atomic E-state index is 0.219. The first-order valence-corrected chi connectivity index (χ1v) is 7.28. The number of carbonyl (C=O) groups excluding carboxylic acids is 1. The number of hydrogen-bond acceptors (Lipinski definition) is 4. The van der Waals surface area contributed by atoms with Crippen LogP contribution >= 0.6 is 11.3 Å². The molecule has 4 nitrogen and oxygen atoms in total. The lowest BCUT2D eigenvalue weighted by molar-refractivity contribution is -0.117. The molecule has 1 fully saturated rings. The topological polar surface area (TPSA) is 45.2 Å². The number of aromatic nitrogens is 1. The lowest BCUT2D eigenvalue weighted by Crippen LogP contribution is -2.23. The van der Waals surface area contributed by atoms with Gasteiger partial charge in [-0.2, -0.15) is 0 Å². The van der Waals surface area contributed by atoms with Crippen LogP contribution in [0.25, 0.3) is 0 Å². The summed E-state index contributed by atoms with van der Waals surface area (Å²) in [6.45, 7) is 1.54. The van der Waals surface area contributed by atoms with Gasteiger partial charge in [0.15, 0.2) is 0 Å². The molecule has 0 radical (unpaired) electrons. The molecular weight excluding hydrogens is 258 g/mol. The minimum absolute atomic E-state index is 0.219. The zero-order chi connectivity index (χ0) is 13.1. The standard InChI is InChI=1S/C14H15N3OS/c18-14-5-2-6-17(14)13-4-1-3-11(7-13)15-8-12-9-19-10-16-12/h1,3-4,7,9-10,15H,2,5-6,8H2. The maximum Gasteiger partial charge on any atom is 0.227 e. The van der Waals surface area contributed by atoms with Gasteiger partial charge in [-0.05, 0) is 24.6 Å². The molecule has 0 unspecified atom stereocenters. The predicted octanol–water partition coefficient (Wildman–Crippen LogP) is 2.88. The van der Waals surface area contributed by atoms with Crippen LogP contribution in [0, 0.1) is 0 Å². The highest BCUT2D eigenvalue weighted by Gasteiger charge is 2.21. The maximum atomic E-state index is 11.7. The summed E-state index contributed by atoms with van der Waals surface area (Å²) < 4.78 is 0. The number of benzene rings is 1. The maximum absolute atomic E-state index is 11.7. The van der Waals surface area contributed by atoms with E-state index in [0.717, 1.165) is 30.0 Å². The molecule has 1 N–H and O–H groups in total. The Balaban J connectivity index is 1.71. The van der Waals surface area contributed by atoms with Crippen molar-refractivity contribution in [1.29, 1.82) is 0 Å². The van der Waals surface area contributed by atoms with Gasteiger partial charge in [0.25, 0.3) is 0 Å². The van der Waals surface area contributed by atoms with E-state index < -0.39 is 0 Å². The Kier molecular flexibility index (Phi) is 3.46. The van der Waals surface area contributed by atoms with E-state index >= 15 is 0 Å². The van der Waals surface area contributed by atoms with Crippen LogP contribution in [0.4, 0.5) is 11.4 Å². The number of amides is 1. The molecule has 1 saturated heterocycles. The first-order valence-electron chi connectivity index (χ1n) is 6.34. The number of anilines is 2. The monoisotopic (exact) mass is 273 g/mol. The molecule has 1 aliphatic heterocycles. The molecule has 2 heterocycles. The number of nitrogens with one attached hydrogen (secondary N) is 1. The van der Waals surface area contributed by atoms with E-state index in [1.807, 2.05) is 40.1 Å². The van der Waals surface area contributed by atoms with Crippen molar-refractivity contribution in [3.63, 3.8) is 0 Å². The SMILES string of the molecule is O=C1CCCN1c1cccc(NCc2cscn2)c1. The van der Waals surface area contributed by atoms with Crippen molar-refractivity contribution < 1.29 is 4.79 Å². The number of hydrogen-bond donors (Lipinski definition) is 1. The van der Waals surface area contributed by atoms with E-state index in [9.17, 15) is 4.79 Å². The van der Waals surface area contributed by atoms with Crippen molar-refractivity contribution in [2.24, 2.45) is 0 Å². The molecule has 98 valence electrons. The predicted molar refractivity (Wildman–Crippen MR) is 77.5 cm³/mol. The summed E-state index contributed by atoms with van der Waals surface area (Å²) in [5.74, 6) is 0.219. The summed E-state index contributed by atoms with van der Waals surface area (Å²) in [7, 11) is 0. The Bertz CT molecular complexity index is 568. The second kappa shape index (κ2) is 5.40. The van der Waals surface area contributed by atoms with E-state index in [4.69, 9.17) is 0 Å². The van der Waals surface area contributed by atoms with Crippen molar-refractivity contribution in [2.45, 2.75) is 19.4 Å². The Labute approximate surface area is 116 Å². The van der Waals surface area contributed by atoms with Gasteiger partial charge >= 0.3 is 0 Å². The molecule has 0 bridgehead atoms. The van der Waals surface area contributed by atoms with Crippen LogP contribution in [0.1, 0.15) is 18.5 Å². The van der Waals surface area contributed by atoms with Gasteiger partial charge in [0.1, 0.15) is 0 Å². The number of nitrogens with zero attached hydrogens (tertiary/aromatic N) is 2. The Morgan fingerprint density at radius 2 is 2.37 bits per heavy atom. The van der Waals surface area contributed by atoms with Gasteiger partial charge in [-0.3, -0.25) is 4.79 Å². The van der Waals surface area contributed by atoms with Crippen LogP contribution in [0.15, 0.2) is 35.2 Å². The molecule has 1 amide bonds. The highest BCUT2D eigenvalue weighted by molar-refractivity contribution is 7.07. The quantitative estimate of drug-likeness (QED) is 0.931. The second-order valence-corrected chi connectivity index (χ2v) is 5.25. The molecule has 19 heavy (non-hydrogen) atoms. The van der Waals surface area contributed by atoms with E-state index in [2.05, 4.69) is 10.3 Å². The Hall–Kier alpha value is -1.88. The third-order valence-electron chi connectivity index (χ3n) is 3.19. The highest BCUT2D eigenvalue weighted by Crippen LogP contribution is 2.24. The first kappa shape index (κ1) is 12.2. The minimum Gasteiger partial charge on any atom is -0.379 e. The van der Waals surface area contributed by atoms with Crippen LogP contribution in [0.5, 0.6) is 0 Å². The summed E-state index contributed by atoms with van der Waals surface area (Å²) >= 11 is 1.59. The molecule has 0 saturated carbocycles. The summed E-state index contributed by atoms with van der Waals surface area (Å²) in [5.41, 5.74) is 4.86. The largest absolute Gasteiger partial charge is 0.379 e. The number of thiazole rings is 1. The van der Waals surface area contributed by atoms with Crippen molar-refractivity contribution in [3.05, 3.63) is 40.8 Å². The molecule has 3 rings (SSSR count). The third-order valence-corrected chi connectivity index (χ3v) is 3.82. The molecule has 2 aromatic rings. The lowest BCUT2D eigenvalue weighted by atomic mass is 10.2. The average molecular weight is 273 g/mol. The smallest absolute Gasteiger partial charge is 0.227 e. The summed E-state index contributed by atoms with van der Waals surface area (Å²) in [6.07, 6.45) is 1.62. The van der Waals surface area contributed by atoms with Gasteiger partial charge in [0.05, 0.1) is 17.7 Å². The summed E-state index contributed by atoms with van der Waals surface area (Å²) in [4.78, 5) is 17.8. The van der Waals surface area contributed by atoms with Gasteiger partial charge in [0.2, 0.25) is 5.91 Å². The van der Waals surface area contributed by atoms with Crippen LogP contribution in [-0.4, -0.2) is 17.4 Å². The van der Waals surface area contributed by atoms with Gasteiger partial charge in [0, 0.05) is 29.7 Å². The molecule has 0 spiro atoms. The van der Waals surface area contributed by atoms with Crippen LogP contribution in [0.2, 0.25) is 0 Å². The van der Waals surface area contributed by atoms with Crippen LogP contribution < -0.4 is 10.2 Å². The zero-order valence-corrected chi connectivity index (χ0v) is 11.3. The van der Waals surface area contributed by atoms with E-state index in [0.29, 0.717) is 13.0 Å². The van der Waals surface area contributed by atoms with Gasteiger partial charge in [-0.1, -0.05) is 6.07 Å². The fourth-order valence-corrected chi connectivity index (χ4v) is 2.78. The molecular formula is C14H15N3OS. The fraction of sp³-hybridized carbons (Fsp3) is 0.286. The number of rotatable bonds is 4. The van der Waals surface area contributed by atoms with E-state index in [1.54, 1.807) is 11.3 Å². The third kappa shape index (κ3) is 2.76. The van der Waals surface area contributed by atoms with Crippen LogP contribution in [0.3, 0.4) is 0 Å². The number of carbonyl (C=O) groups is 1. The molecule has 1 aliphatic rings. The van der Waals surface area contributed by atoms with Crippen molar-refractivity contribution in [1.82, 2.24) is 4.98 Å². The van der Waals surface area contributed by atoms with Gasteiger partial charge < -0.3 is 10.2 Å². The van der Waals surface area contributed by atoms with Gasteiger partial charge in [-0.15, -0.1) is 11.3 Å². The highest BCUT2D eigenvalue weighted by atomic mass is 32.1. The summed E-state index contributed by atoms with van der Waals surface area (Å²) in [6, 6.07) is 7.99. The first-order chi connectivity index (χ1) is 9.33. The van der Waals surface area contributed by atoms with Crippen molar-refractivity contribution in [2.75, 3.05) is 16.8 Å². The molecule has 0 atom stereocenters. The summed E-state index contributed by atoms with van der Waals surface area (Å²) in [5, 5.41) is 5.36. The molecule has 5 heteroatoms. The van der Waals surface area contributed by atoms with Gasteiger partial charge in [-0.25, -0.2) is 4.98 Å². The molecule has 0 aliphatic carbocycles. The van der Waals surface area contributed by atoms with E-state index in [-0.39, 0.29) is 5.91 Å². The normalized spacial score (nSPS) is 14.9. The van der Waals surface area contributed by atoms with Crippen molar-refractivity contribution >= 4 is 28.6 Å². The molecule has 1 aromatic heterocycles. The van der Waals surface area contributed by atoms with Crippen molar-refractivity contribution in [3.8, 4) is 0 Å². The van der Waals surface area contributed by atoms with Crippen LogP contribution in [-0.2, 0) is 11.3 Å². The Morgan fingerprint density at radius 1 is 1.42 bits per heavy atom. The second-order valence-electron chi connectivity index (χ2n) is 4.53. The Morgan fingerprint density at radius 3 is 3.11 bits per heavy atom. The fourth-order valence-electron chi connectivity index (χ4n) is 2.22. The molecule has 1 aromatic carbocycles. The zero-order valence-electron chi connectivity index (χ0n) is 10.5. The average Bonchev–Trinajstić information content (AvgIpc) is 3.08.